The average Bonchev–Trinajstić information content (AvgIpc) is 2.96. The van der Waals surface area contributed by atoms with Gasteiger partial charge in [0.15, 0.2) is 0 Å². The zero-order valence-corrected chi connectivity index (χ0v) is 14.7. The lowest BCUT2D eigenvalue weighted by atomic mass is 9.98. The maximum absolute atomic E-state index is 12.5. The number of hydrogen-bond acceptors (Lipinski definition) is 4. The van der Waals surface area contributed by atoms with Crippen LogP contribution in [-0.4, -0.2) is 31.4 Å². The molecule has 1 heterocycles. The Morgan fingerprint density at radius 1 is 1.12 bits per heavy atom. The summed E-state index contributed by atoms with van der Waals surface area (Å²) in [6.07, 6.45) is 0. The summed E-state index contributed by atoms with van der Waals surface area (Å²) in [5.74, 6) is -1.21. The van der Waals surface area contributed by atoms with E-state index in [9.17, 15) is 9.59 Å². The summed E-state index contributed by atoms with van der Waals surface area (Å²) in [5.41, 5.74) is 8.90. The van der Waals surface area contributed by atoms with Gasteiger partial charge in [-0.05, 0) is 23.3 Å². The number of methoxy groups -OCH3 is 1. The number of nitrogen functional groups attached to an aromatic ring is 1. The Balaban J connectivity index is 1.80. The molecule has 3 N–H and O–H groups in total. The van der Waals surface area contributed by atoms with Crippen LogP contribution >= 0.6 is 0 Å². The SMILES string of the molecule is COC(=O)C1CN(c2ccc(-c3ccc(C(=N)N)cc3)cc2)C(=O)C1C. The monoisotopic (exact) mass is 351 g/mol. The van der Waals surface area contributed by atoms with Crippen molar-refractivity contribution in [3.05, 3.63) is 54.1 Å². The highest BCUT2D eigenvalue weighted by atomic mass is 16.5. The molecule has 0 bridgehead atoms. The fraction of sp³-hybridized carbons (Fsp3) is 0.250. The van der Waals surface area contributed by atoms with Crippen LogP contribution in [-0.2, 0) is 14.3 Å². The number of nitrogens with two attached hydrogens (primary N) is 1. The van der Waals surface area contributed by atoms with Gasteiger partial charge in [-0.25, -0.2) is 0 Å². The molecule has 1 fully saturated rings. The van der Waals surface area contributed by atoms with Crippen LogP contribution in [0.1, 0.15) is 12.5 Å². The molecule has 0 spiro atoms. The highest BCUT2D eigenvalue weighted by molar-refractivity contribution is 6.01. The van der Waals surface area contributed by atoms with Crippen LogP contribution in [0.4, 0.5) is 5.69 Å². The van der Waals surface area contributed by atoms with Crippen molar-refractivity contribution in [1.29, 1.82) is 5.41 Å². The van der Waals surface area contributed by atoms with Crippen molar-refractivity contribution in [2.24, 2.45) is 17.6 Å². The molecule has 2 atom stereocenters. The largest absolute Gasteiger partial charge is 0.469 e. The quantitative estimate of drug-likeness (QED) is 0.502. The normalized spacial score (nSPS) is 19.5. The molecule has 1 aliphatic heterocycles. The lowest BCUT2D eigenvalue weighted by Gasteiger charge is -2.17. The molecule has 6 heteroatoms. The van der Waals surface area contributed by atoms with Gasteiger partial charge in [-0.3, -0.25) is 15.0 Å². The van der Waals surface area contributed by atoms with Gasteiger partial charge in [0.05, 0.1) is 18.9 Å². The Kier molecular flexibility index (Phi) is 4.75. The van der Waals surface area contributed by atoms with Gasteiger partial charge >= 0.3 is 5.97 Å². The third kappa shape index (κ3) is 3.18. The van der Waals surface area contributed by atoms with Gasteiger partial charge < -0.3 is 15.4 Å². The molecule has 26 heavy (non-hydrogen) atoms. The highest BCUT2D eigenvalue weighted by Gasteiger charge is 2.42. The van der Waals surface area contributed by atoms with Crippen molar-refractivity contribution in [3.8, 4) is 11.1 Å². The molecular formula is C20H21N3O3. The molecule has 0 radical (unpaired) electrons. The number of hydrogen-bond donors (Lipinski definition) is 2. The van der Waals surface area contributed by atoms with E-state index < -0.39 is 5.92 Å². The summed E-state index contributed by atoms with van der Waals surface area (Å²) in [4.78, 5) is 25.9. The predicted molar refractivity (Wildman–Crippen MR) is 99.9 cm³/mol. The van der Waals surface area contributed by atoms with Crippen molar-refractivity contribution < 1.29 is 14.3 Å². The van der Waals surface area contributed by atoms with Crippen molar-refractivity contribution >= 4 is 23.4 Å². The third-order valence-electron chi connectivity index (χ3n) is 4.85. The molecule has 1 saturated heterocycles. The van der Waals surface area contributed by atoms with E-state index in [0.717, 1.165) is 16.8 Å². The van der Waals surface area contributed by atoms with Crippen molar-refractivity contribution in [1.82, 2.24) is 0 Å². The van der Waals surface area contributed by atoms with Crippen molar-refractivity contribution in [2.45, 2.75) is 6.92 Å². The minimum absolute atomic E-state index is 0.0359. The van der Waals surface area contributed by atoms with Crippen LogP contribution < -0.4 is 10.6 Å². The molecule has 134 valence electrons. The number of ether oxygens (including phenoxy) is 1. The summed E-state index contributed by atoms with van der Waals surface area (Å²) < 4.78 is 4.80. The van der Waals surface area contributed by atoms with E-state index in [1.165, 1.54) is 7.11 Å². The number of amidine groups is 1. The van der Waals surface area contributed by atoms with Gasteiger partial charge in [-0.2, -0.15) is 0 Å². The summed E-state index contributed by atoms with van der Waals surface area (Å²) in [5, 5.41) is 7.44. The topological polar surface area (TPSA) is 96.5 Å². The number of carbonyl (C=O) groups excluding carboxylic acids is 2. The molecule has 1 amide bonds. The second-order valence-electron chi connectivity index (χ2n) is 6.41. The maximum atomic E-state index is 12.5. The first-order chi connectivity index (χ1) is 12.4. The minimum atomic E-state index is -0.439. The molecule has 0 aliphatic carbocycles. The first-order valence-corrected chi connectivity index (χ1v) is 8.36. The van der Waals surface area contributed by atoms with E-state index in [2.05, 4.69) is 0 Å². The minimum Gasteiger partial charge on any atom is -0.469 e. The number of carbonyl (C=O) groups is 2. The van der Waals surface area contributed by atoms with Crippen LogP contribution in [0.25, 0.3) is 11.1 Å². The van der Waals surface area contributed by atoms with Crippen LogP contribution in [0.2, 0.25) is 0 Å². The fourth-order valence-corrected chi connectivity index (χ4v) is 3.20. The summed E-state index contributed by atoms with van der Waals surface area (Å²) in [6, 6.07) is 15.0. The van der Waals surface area contributed by atoms with E-state index in [0.29, 0.717) is 12.1 Å². The predicted octanol–water partition coefficient (Wildman–Crippen LogP) is 2.41. The molecule has 3 rings (SSSR count). The number of esters is 1. The van der Waals surface area contributed by atoms with Crippen molar-refractivity contribution in [3.63, 3.8) is 0 Å². The average molecular weight is 351 g/mol. The molecule has 2 aromatic carbocycles. The van der Waals surface area contributed by atoms with Gasteiger partial charge in [0, 0.05) is 17.8 Å². The third-order valence-corrected chi connectivity index (χ3v) is 4.85. The number of rotatable bonds is 4. The zero-order valence-electron chi connectivity index (χ0n) is 14.7. The van der Waals surface area contributed by atoms with E-state index >= 15 is 0 Å². The molecule has 0 saturated carbocycles. The van der Waals surface area contributed by atoms with Gasteiger partial charge in [0.25, 0.3) is 0 Å². The molecule has 6 nitrogen and oxygen atoms in total. The Labute approximate surface area is 152 Å². The Bertz CT molecular complexity index is 844. The first-order valence-electron chi connectivity index (χ1n) is 8.36. The number of benzene rings is 2. The van der Waals surface area contributed by atoms with E-state index in [-0.39, 0.29) is 23.6 Å². The number of nitrogens with zero attached hydrogens (tertiary/aromatic N) is 1. The Hall–Kier alpha value is -3.15. The van der Waals surface area contributed by atoms with Crippen LogP contribution in [0.3, 0.4) is 0 Å². The second-order valence-corrected chi connectivity index (χ2v) is 6.41. The van der Waals surface area contributed by atoms with Crippen LogP contribution in [0.15, 0.2) is 48.5 Å². The first kappa shape index (κ1) is 17.7. The highest BCUT2D eigenvalue weighted by Crippen LogP contribution is 2.31. The number of amides is 1. The van der Waals surface area contributed by atoms with E-state index in [4.69, 9.17) is 15.9 Å². The van der Waals surface area contributed by atoms with Gasteiger partial charge in [0.1, 0.15) is 5.84 Å². The molecule has 2 aromatic rings. The summed E-state index contributed by atoms with van der Waals surface area (Å²) in [7, 11) is 1.34. The Morgan fingerprint density at radius 3 is 2.15 bits per heavy atom. The second kappa shape index (κ2) is 7.00. The summed E-state index contributed by atoms with van der Waals surface area (Å²) >= 11 is 0. The van der Waals surface area contributed by atoms with Crippen LogP contribution in [0.5, 0.6) is 0 Å². The summed E-state index contributed by atoms with van der Waals surface area (Å²) in [6.45, 7) is 2.09. The standard InChI is InChI=1S/C20H21N3O3/c1-12-17(20(25)26-2)11-23(19(12)24)16-9-7-14(8-10-16)13-3-5-15(6-4-13)18(21)22/h3-10,12,17H,11H2,1-2H3,(H3,21,22). The fourth-order valence-electron chi connectivity index (χ4n) is 3.20. The van der Waals surface area contributed by atoms with Gasteiger partial charge in [-0.1, -0.05) is 43.3 Å². The number of nitrogens with one attached hydrogen (secondary N) is 1. The zero-order chi connectivity index (χ0) is 18.8. The van der Waals surface area contributed by atoms with Crippen molar-refractivity contribution in [2.75, 3.05) is 18.6 Å². The van der Waals surface area contributed by atoms with E-state index in [1.54, 1.807) is 24.0 Å². The molecule has 1 aliphatic rings. The lowest BCUT2D eigenvalue weighted by molar-refractivity contribution is -0.147. The van der Waals surface area contributed by atoms with Gasteiger partial charge in [-0.15, -0.1) is 0 Å². The van der Waals surface area contributed by atoms with Gasteiger partial charge in [0.2, 0.25) is 5.91 Å². The smallest absolute Gasteiger partial charge is 0.311 e. The lowest BCUT2D eigenvalue weighted by Crippen LogP contribution is -2.26. The Morgan fingerprint density at radius 2 is 1.65 bits per heavy atom. The number of anilines is 1. The molecule has 2 unspecified atom stereocenters. The van der Waals surface area contributed by atoms with Crippen LogP contribution in [0, 0.1) is 17.2 Å². The maximum Gasteiger partial charge on any atom is 0.311 e. The molecule has 0 aromatic heterocycles. The molecular weight excluding hydrogens is 330 g/mol. The van der Waals surface area contributed by atoms with E-state index in [1.807, 2.05) is 36.4 Å².